The summed E-state index contributed by atoms with van der Waals surface area (Å²) in [5.74, 6) is 0. The fraction of sp³-hybridized carbons (Fsp3) is 0. The van der Waals surface area contributed by atoms with E-state index in [-0.39, 0.29) is 0 Å². The highest BCUT2D eigenvalue weighted by atomic mass is 15.0. The number of rotatable bonds is 6. The van der Waals surface area contributed by atoms with Crippen molar-refractivity contribution in [3.63, 3.8) is 0 Å². The van der Waals surface area contributed by atoms with Crippen LogP contribution >= 0.6 is 0 Å². The van der Waals surface area contributed by atoms with Crippen LogP contribution in [-0.4, -0.2) is 14.5 Å². The maximum Gasteiger partial charge on any atom is 0.0979 e. The molecule has 2 heterocycles. The molecule has 0 bridgehead atoms. The van der Waals surface area contributed by atoms with Gasteiger partial charge in [0, 0.05) is 32.8 Å². The molecule has 3 heteroatoms. The second-order valence-corrected chi connectivity index (χ2v) is 16.9. The lowest BCUT2D eigenvalue weighted by molar-refractivity contribution is 1.18. The number of para-hydroxylation sites is 1. The van der Waals surface area contributed by atoms with E-state index in [1.54, 1.807) is 0 Å². The van der Waals surface area contributed by atoms with Crippen molar-refractivity contribution in [2.24, 2.45) is 0 Å². The molecule has 0 aliphatic heterocycles. The van der Waals surface area contributed by atoms with E-state index in [1.807, 2.05) is 6.20 Å². The summed E-state index contributed by atoms with van der Waals surface area (Å²) in [6.45, 7) is 0. The first-order valence-electron chi connectivity index (χ1n) is 22.2. The van der Waals surface area contributed by atoms with Crippen molar-refractivity contribution in [2.45, 2.75) is 0 Å². The predicted molar refractivity (Wildman–Crippen MR) is 274 cm³/mol. The summed E-state index contributed by atoms with van der Waals surface area (Å²) < 4.78 is 2.40. The molecule has 0 amide bonds. The van der Waals surface area contributed by atoms with E-state index in [0.717, 1.165) is 49.9 Å². The first kappa shape index (κ1) is 36.9. The van der Waals surface area contributed by atoms with Crippen molar-refractivity contribution in [3.8, 4) is 61.5 Å². The highest BCUT2D eigenvalue weighted by Gasteiger charge is 2.16. The Bertz CT molecular complexity index is 3970. The fourth-order valence-electron chi connectivity index (χ4n) is 10.1. The van der Waals surface area contributed by atoms with Crippen molar-refractivity contribution < 1.29 is 0 Å². The van der Waals surface area contributed by atoms with Crippen molar-refractivity contribution in [2.75, 3.05) is 0 Å². The number of fused-ring (bicyclic) bond motifs is 10. The lowest BCUT2D eigenvalue weighted by Gasteiger charge is -2.12. The zero-order valence-electron chi connectivity index (χ0n) is 35.4. The number of aromatic nitrogens is 3. The molecule has 11 aromatic carbocycles. The lowest BCUT2D eigenvalue weighted by Crippen LogP contribution is -1.94. The van der Waals surface area contributed by atoms with Crippen LogP contribution in [0.3, 0.4) is 0 Å². The van der Waals surface area contributed by atoms with Gasteiger partial charge in [-0.2, -0.15) is 0 Å². The molecule has 0 unspecified atom stereocenters. The Morgan fingerprint density at radius 1 is 0.292 bits per heavy atom. The number of hydrogen-bond acceptors (Lipinski definition) is 2. The van der Waals surface area contributed by atoms with E-state index in [2.05, 4.69) is 235 Å². The molecule has 3 nitrogen and oxygen atoms in total. The van der Waals surface area contributed by atoms with E-state index in [9.17, 15) is 0 Å². The van der Waals surface area contributed by atoms with E-state index in [1.165, 1.54) is 76.7 Å². The van der Waals surface area contributed by atoms with E-state index >= 15 is 0 Å². The second kappa shape index (κ2) is 15.0. The minimum Gasteiger partial charge on any atom is -0.309 e. The van der Waals surface area contributed by atoms with Crippen LogP contribution in [0.2, 0.25) is 0 Å². The summed E-state index contributed by atoms with van der Waals surface area (Å²) >= 11 is 0. The normalized spacial score (nSPS) is 11.7. The van der Waals surface area contributed by atoms with Crippen LogP contribution in [0.4, 0.5) is 0 Å². The number of nitrogens with zero attached hydrogens (tertiary/aromatic N) is 3. The number of benzene rings is 11. The third kappa shape index (κ3) is 6.20. The van der Waals surface area contributed by atoms with Crippen LogP contribution in [0.1, 0.15) is 0 Å². The van der Waals surface area contributed by atoms with Gasteiger partial charge in [-0.1, -0.05) is 182 Å². The molecule has 302 valence electrons. The van der Waals surface area contributed by atoms with Crippen LogP contribution in [0, 0.1) is 0 Å². The topological polar surface area (TPSA) is 30.7 Å². The van der Waals surface area contributed by atoms with Gasteiger partial charge in [0.1, 0.15) is 0 Å². The minimum atomic E-state index is 0.860. The fourth-order valence-corrected chi connectivity index (χ4v) is 10.1. The highest BCUT2D eigenvalue weighted by Crippen LogP contribution is 2.39. The molecule has 0 radical (unpaired) electrons. The first-order valence-corrected chi connectivity index (χ1v) is 22.2. The molecule has 0 saturated carbocycles. The maximum atomic E-state index is 5.27. The van der Waals surface area contributed by atoms with Crippen LogP contribution in [-0.2, 0) is 0 Å². The van der Waals surface area contributed by atoms with E-state index in [0.29, 0.717) is 0 Å². The summed E-state index contributed by atoms with van der Waals surface area (Å²) in [5, 5.41) is 9.64. The van der Waals surface area contributed by atoms with Gasteiger partial charge >= 0.3 is 0 Å². The summed E-state index contributed by atoms with van der Waals surface area (Å²) in [4.78, 5) is 10.3. The van der Waals surface area contributed by atoms with Crippen molar-refractivity contribution in [3.05, 3.63) is 237 Å². The van der Waals surface area contributed by atoms with Crippen LogP contribution in [0.25, 0.3) is 127 Å². The molecule has 0 aliphatic carbocycles. The largest absolute Gasteiger partial charge is 0.309 e. The second-order valence-electron chi connectivity index (χ2n) is 16.9. The van der Waals surface area contributed by atoms with Gasteiger partial charge in [-0.3, -0.25) is 4.98 Å². The molecular weight excluding hydrogens is 787 g/mol. The third-order valence-corrected chi connectivity index (χ3v) is 13.2. The highest BCUT2D eigenvalue weighted by molar-refractivity contribution is 6.23. The molecule has 0 N–H and O–H groups in total. The molecule has 13 aromatic rings. The van der Waals surface area contributed by atoms with Gasteiger partial charge in [0.15, 0.2) is 0 Å². The monoisotopic (exact) mass is 825 g/mol. The van der Waals surface area contributed by atoms with E-state index < -0.39 is 0 Å². The molecular formula is C62H39N3. The zero-order chi connectivity index (χ0) is 42.8. The average Bonchev–Trinajstić information content (AvgIpc) is 3.72. The summed E-state index contributed by atoms with van der Waals surface area (Å²) in [6.07, 6.45) is 1.92. The molecule has 0 atom stereocenters. The summed E-state index contributed by atoms with van der Waals surface area (Å²) in [6, 6.07) is 83.3. The van der Waals surface area contributed by atoms with Crippen molar-refractivity contribution in [1.82, 2.24) is 14.5 Å². The first-order chi connectivity index (χ1) is 32.2. The average molecular weight is 826 g/mol. The quantitative estimate of drug-likeness (QED) is 0.156. The maximum absolute atomic E-state index is 5.27. The molecule has 0 fully saturated rings. The van der Waals surface area contributed by atoms with Gasteiger partial charge in [-0.25, -0.2) is 4.98 Å². The van der Waals surface area contributed by atoms with Crippen LogP contribution < -0.4 is 0 Å². The van der Waals surface area contributed by atoms with Gasteiger partial charge in [0.25, 0.3) is 0 Å². The zero-order valence-corrected chi connectivity index (χ0v) is 35.4. The molecule has 0 aliphatic rings. The Hall–Kier alpha value is -8.66. The van der Waals surface area contributed by atoms with Gasteiger partial charge in [0.2, 0.25) is 0 Å². The lowest BCUT2D eigenvalue weighted by atomic mass is 9.95. The summed E-state index contributed by atoms with van der Waals surface area (Å²) in [7, 11) is 0. The Kier molecular flexibility index (Phi) is 8.53. The molecule has 0 spiro atoms. The van der Waals surface area contributed by atoms with Crippen LogP contribution in [0.5, 0.6) is 0 Å². The Labute approximate surface area is 376 Å². The molecule has 2 aromatic heterocycles. The SMILES string of the molecule is c1cc(-c2cccc(-c3ccc4c(c3)c3ccccc3n4-c3ccc(-c4cccc5ccccc45)cc3)c2)cc(-c2cccc(-c3cnc4c5ccccc5c5ccccc5c4n3)c2)c1. The predicted octanol–water partition coefficient (Wildman–Crippen LogP) is 16.5. The van der Waals surface area contributed by atoms with Gasteiger partial charge in [-0.15, -0.1) is 0 Å². The Balaban J connectivity index is 0.831. The van der Waals surface area contributed by atoms with Gasteiger partial charge < -0.3 is 4.57 Å². The van der Waals surface area contributed by atoms with Gasteiger partial charge in [-0.05, 0) is 115 Å². The standard InChI is InChI=1S/C62H39N3/c1-2-21-50-40(13-1)14-12-27-51(50)41-29-32-49(33-30-41)65-59-28-8-7-24-54(59)57-38-47(31-34-60(57)65)45-18-10-16-43(36-45)42-15-9-17-44(35-42)46-19-11-20-48(37-46)58-39-63-61-55-25-5-3-22-52(55)53-23-4-6-26-56(53)62(61)64-58/h1-39H. The minimum absolute atomic E-state index is 0.860. The van der Waals surface area contributed by atoms with Crippen molar-refractivity contribution in [1.29, 1.82) is 0 Å². The third-order valence-electron chi connectivity index (χ3n) is 13.2. The smallest absolute Gasteiger partial charge is 0.0979 e. The summed E-state index contributed by atoms with van der Waals surface area (Å²) in [5.41, 5.74) is 16.8. The van der Waals surface area contributed by atoms with Gasteiger partial charge in [0.05, 0.1) is 34.0 Å². The van der Waals surface area contributed by atoms with Crippen molar-refractivity contribution >= 4 is 65.2 Å². The van der Waals surface area contributed by atoms with Crippen LogP contribution in [0.15, 0.2) is 237 Å². The molecule has 65 heavy (non-hydrogen) atoms. The number of hydrogen-bond donors (Lipinski definition) is 0. The molecule has 0 saturated heterocycles. The Morgan fingerprint density at radius 3 is 1.45 bits per heavy atom. The molecule has 13 rings (SSSR count). The van der Waals surface area contributed by atoms with E-state index in [4.69, 9.17) is 9.97 Å². The Morgan fingerprint density at radius 2 is 0.769 bits per heavy atom.